The first-order valence-corrected chi connectivity index (χ1v) is 10.8. The number of thioether (sulfide) groups is 1. The molecular weight excluding hydrogens is 390 g/mol. The minimum absolute atomic E-state index is 0.111. The average Bonchev–Trinajstić information content (AvgIpc) is 2.99. The highest BCUT2D eigenvalue weighted by Crippen LogP contribution is 2.22. The van der Waals surface area contributed by atoms with Crippen LogP contribution in [-0.4, -0.2) is 55.7 Å². The lowest BCUT2D eigenvalue weighted by atomic mass is 10.3. The average molecular weight is 412 g/mol. The van der Waals surface area contributed by atoms with Crippen LogP contribution in [0.3, 0.4) is 0 Å². The summed E-state index contributed by atoms with van der Waals surface area (Å²) in [7, 11) is -3.61. The largest absolute Gasteiger partial charge is 0.437 e. The fraction of sp³-hybridized carbons (Fsp3) is 0.412. The number of oxazole rings is 1. The highest BCUT2D eigenvalue weighted by Gasteiger charge is 2.26. The van der Waals surface area contributed by atoms with Crippen LogP contribution in [0.4, 0.5) is 5.69 Å². The number of aryl methyl sites for hydroxylation is 2. The minimum Gasteiger partial charge on any atom is -0.437 e. The van der Waals surface area contributed by atoms with Crippen molar-refractivity contribution in [3.63, 3.8) is 0 Å². The first-order chi connectivity index (χ1) is 12.9. The molecule has 27 heavy (non-hydrogen) atoms. The lowest BCUT2D eigenvalue weighted by Gasteiger charge is -2.26. The number of hydrogen-bond donors (Lipinski definition) is 1. The van der Waals surface area contributed by atoms with Gasteiger partial charge in [-0.1, -0.05) is 17.8 Å². The Balaban J connectivity index is 1.63. The van der Waals surface area contributed by atoms with Crippen LogP contribution < -0.4 is 5.32 Å². The van der Waals surface area contributed by atoms with Crippen molar-refractivity contribution in [2.45, 2.75) is 24.0 Å². The Hall–Kier alpha value is -1.88. The van der Waals surface area contributed by atoms with Gasteiger partial charge in [-0.25, -0.2) is 13.4 Å². The lowest BCUT2D eigenvalue weighted by Crippen LogP contribution is -2.40. The molecule has 3 rings (SSSR count). The van der Waals surface area contributed by atoms with Gasteiger partial charge in [-0.2, -0.15) is 4.31 Å². The van der Waals surface area contributed by atoms with Crippen LogP contribution in [0.1, 0.15) is 11.5 Å². The van der Waals surface area contributed by atoms with Crippen molar-refractivity contribution in [2.24, 2.45) is 0 Å². The number of carbonyl (C=O) groups excluding carboxylic acids is 1. The van der Waals surface area contributed by atoms with Crippen molar-refractivity contribution in [1.29, 1.82) is 0 Å². The van der Waals surface area contributed by atoms with E-state index >= 15 is 0 Å². The molecule has 1 fully saturated rings. The van der Waals surface area contributed by atoms with Crippen LogP contribution in [0.2, 0.25) is 0 Å². The zero-order valence-electron chi connectivity index (χ0n) is 15.1. The van der Waals surface area contributed by atoms with E-state index in [0.29, 0.717) is 37.2 Å². The molecule has 1 amide bonds. The van der Waals surface area contributed by atoms with Crippen molar-refractivity contribution in [1.82, 2.24) is 9.29 Å². The Labute approximate surface area is 162 Å². The normalized spacial score (nSPS) is 15.6. The standard InChI is InChI=1S/C17H21N3O5S2/c1-12-13(2)25-17(18-12)26-11-16(21)19-14-4-3-5-15(10-14)27(22,23)20-6-8-24-9-7-20/h3-5,10H,6-9,11H2,1-2H3,(H,19,21). The number of hydrogen-bond acceptors (Lipinski definition) is 7. The molecule has 10 heteroatoms. The Morgan fingerprint density at radius 2 is 2.04 bits per heavy atom. The van der Waals surface area contributed by atoms with E-state index in [2.05, 4.69) is 10.3 Å². The predicted molar refractivity (Wildman–Crippen MR) is 101 cm³/mol. The molecule has 0 spiro atoms. The SMILES string of the molecule is Cc1nc(SCC(=O)Nc2cccc(S(=O)(=O)N3CCOCC3)c2)oc1C. The van der Waals surface area contributed by atoms with Gasteiger partial charge in [0, 0.05) is 18.8 Å². The van der Waals surface area contributed by atoms with Gasteiger partial charge in [0.05, 0.1) is 29.6 Å². The lowest BCUT2D eigenvalue weighted by molar-refractivity contribution is -0.113. The molecule has 0 unspecified atom stereocenters. The van der Waals surface area contributed by atoms with Gasteiger partial charge in [-0.3, -0.25) is 4.79 Å². The molecule has 8 nitrogen and oxygen atoms in total. The molecule has 0 radical (unpaired) electrons. The van der Waals surface area contributed by atoms with Gasteiger partial charge in [0.1, 0.15) is 5.76 Å². The van der Waals surface area contributed by atoms with Crippen molar-refractivity contribution in [3.05, 3.63) is 35.7 Å². The first-order valence-electron chi connectivity index (χ1n) is 8.41. The second kappa shape index (κ2) is 8.42. The second-order valence-corrected chi connectivity index (χ2v) is 8.87. The Bertz CT molecular complexity index is 901. The Morgan fingerprint density at radius 3 is 2.70 bits per heavy atom. The summed E-state index contributed by atoms with van der Waals surface area (Å²) in [5.74, 6) is 0.563. The highest BCUT2D eigenvalue weighted by atomic mass is 32.2. The predicted octanol–water partition coefficient (Wildman–Crippen LogP) is 2.04. The number of sulfonamides is 1. The second-order valence-electron chi connectivity index (χ2n) is 6.00. The summed E-state index contributed by atoms with van der Waals surface area (Å²) in [6.45, 7) is 5.06. The van der Waals surface area contributed by atoms with E-state index in [-0.39, 0.29) is 16.6 Å². The quantitative estimate of drug-likeness (QED) is 0.726. The molecule has 146 valence electrons. The van der Waals surface area contributed by atoms with Crippen molar-refractivity contribution in [2.75, 3.05) is 37.4 Å². The van der Waals surface area contributed by atoms with E-state index in [4.69, 9.17) is 9.15 Å². The van der Waals surface area contributed by atoms with Crippen molar-refractivity contribution in [3.8, 4) is 0 Å². The van der Waals surface area contributed by atoms with E-state index in [1.807, 2.05) is 13.8 Å². The van der Waals surface area contributed by atoms with Crippen LogP contribution in [0.15, 0.2) is 38.8 Å². The van der Waals surface area contributed by atoms with Crippen molar-refractivity contribution >= 4 is 33.4 Å². The molecule has 1 saturated heterocycles. The smallest absolute Gasteiger partial charge is 0.256 e. The van der Waals surface area contributed by atoms with Gasteiger partial charge in [-0.05, 0) is 32.0 Å². The van der Waals surface area contributed by atoms with Crippen LogP contribution in [0.5, 0.6) is 0 Å². The van der Waals surface area contributed by atoms with Gasteiger partial charge in [0.15, 0.2) is 0 Å². The molecule has 1 aliphatic rings. The fourth-order valence-corrected chi connectivity index (χ4v) is 4.67. The summed E-state index contributed by atoms with van der Waals surface area (Å²) >= 11 is 1.19. The number of amides is 1. The molecule has 0 bridgehead atoms. The molecule has 2 heterocycles. The van der Waals surface area contributed by atoms with Gasteiger partial charge in [0.2, 0.25) is 15.9 Å². The van der Waals surface area contributed by atoms with Crippen LogP contribution in [0.25, 0.3) is 0 Å². The van der Waals surface area contributed by atoms with E-state index in [1.165, 1.54) is 28.2 Å². The van der Waals surface area contributed by atoms with Crippen LogP contribution in [-0.2, 0) is 19.6 Å². The highest BCUT2D eigenvalue weighted by molar-refractivity contribution is 7.99. The maximum Gasteiger partial charge on any atom is 0.256 e. The zero-order chi connectivity index (χ0) is 19.4. The summed E-state index contributed by atoms with van der Waals surface area (Å²) in [6, 6.07) is 6.25. The number of nitrogens with zero attached hydrogens (tertiary/aromatic N) is 2. The monoisotopic (exact) mass is 411 g/mol. The molecule has 1 aromatic heterocycles. The Morgan fingerprint density at radius 1 is 1.30 bits per heavy atom. The minimum atomic E-state index is -3.61. The Kier molecular flexibility index (Phi) is 6.20. The van der Waals surface area contributed by atoms with Crippen molar-refractivity contribution < 1.29 is 22.4 Å². The molecule has 1 N–H and O–H groups in total. The molecule has 0 aliphatic carbocycles. The number of benzene rings is 1. The van der Waals surface area contributed by atoms with E-state index in [0.717, 1.165) is 11.5 Å². The fourth-order valence-electron chi connectivity index (χ4n) is 2.50. The van der Waals surface area contributed by atoms with E-state index in [9.17, 15) is 13.2 Å². The third kappa shape index (κ3) is 4.89. The van der Waals surface area contributed by atoms with E-state index in [1.54, 1.807) is 12.1 Å². The van der Waals surface area contributed by atoms with Crippen LogP contribution >= 0.6 is 11.8 Å². The molecule has 0 atom stereocenters. The summed E-state index contributed by atoms with van der Waals surface area (Å²) in [6.07, 6.45) is 0. The number of aromatic nitrogens is 1. The molecule has 1 aromatic carbocycles. The molecule has 0 saturated carbocycles. The number of anilines is 1. The number of nitrogens with one attached hydrogen (secondary N) is 1. The molecule has 2 aromatic rings. The number of carbonyl (C=O) groups is 1. The topological polar surface area (TPSA) is 102 Å². The van der Waals surface area contributed by atoms with Crippen LogP contribution in [0, 0.1) is 13.8 Å². The van der Waals surface area contributed by atoms with Gasteiger partial charge in [0.25, 0.3) is 5.22 Å². The molecule has 1 aliphatic heterocycles. The number of rotatable bonds is 6. The summed E-state index contributed by atoms with van der Waals surface area (Å²) in [4.78, 5) is 16.5. The number of morpholine rings is 1. The van der Waals surface area contributed by atoms with Gasteiger partial charge >= 0.3 is 0 Å². The maximum absolute atomic E-state index is 12.7. The number of ether oxygens (including phenoxy) is 1. The van der Waals surface area contributed by atoms with Gasteiger partial charge in [-0.15, -0.1) is 0 Å². The molecular formula is C17H21N3O5S2. The third-order valence-electron chi connectivity index (χ3n) is 4.06. The summed E-state index contributed by atoms with van der Waals surface area (Å²) in [5.41, 5.74) is 1.22. The summed E-state index contributed by atoms with van der Waals surface area (Å²) in [5, 5.41) is 3.15. The summed E-state index contributed by atoms with van der Waals surface area (Å²) < 4.78 is 37.4. The zero-order valence-corrected chi connectivity index (χ0v) is 16.7. The van der Waals surface area contributed by atoms with Gasteiger partial charge < -0.3 is 14.5 Å². The maximum atomic E-state index is 12.7. The first kappa shape index (κ1) is 19.9. The third-order valence-corrected chi connectivity index (χ3v) is 6.78. The van der Waals surface area contributed by atoms with E-state index < -0.39 is 10.0 Å².